The van der Waals surface area contributed by atoms with Crippen molar-refractivity contribution in [2.45, 2.75) is 51.2 Å². The molecule has 6 nitrogen and oxygen atoms in total. The third-order valence-electron chi connectivity index (χ3n) is 5.04. The van der Waals surface area contributed by atoms with E-state index in [-0.39, 0.29) is 0 Å². The van der Waals surface area contributed by atoms with Gasteiger partial charge in [-0.05, 0) is 25.2 Å². The van der Waals surface area contributed by atoms with Gasteiger partial charge in [-0.1, -0.05) is 13.8 Å². The Morgan fingerprint density at radius 3 is 2.57 bits per heavy atom. The lowest BCUT2D eigenvalue weighted by atomic mass is 9.80. The van der Waals surface area contributed by atoms with E-state index < -0.39 is 5.60 Å². The van der Waals surface area contributed by atoms with Crippen LogP contribution < -0.4 is 10.2 Å². The van der Waals surface area contributed by atoms with Crippen molar-refractivity contribution in [2.75, 3.05) is 37.7 Å². The normalized spacial score (nSPS) is 20.8. The van der Waals surface area contributed by atoms with Crippen LogP contribution in [-0.2, 0) is 18.3 Å². The third-order valence-corrected chi connectivity index (χ3v) is 5.04. The summed E-state index contributed by atoms with van der Waals surface area (Å²) in [6.45, 7) is 9.17. The second-order valence-corrected chi connectivity index (χ2v) is 7.25. The predicted molar refractivity (Wildman–Crippen MR) is 90.8 cm³/mol. The maximum absolute atomic E-state index is 10.3. The van der Waals surface area contributed by atoms with Gasteiger partial charge in [-0.25, -0.2) is 0 Å². The maximum atomic E-state index is 10.3. The van der Waals surface area contributed by atoms with Gasteiger partial charge in [-0.15, -0.1) is 0 Å². The Labute approximate surface area is 138 Å². The van der Waals surface area contributed by atoms with Crippen molar-refractivity contribution < 1.29 is 9.84 Å². The number of aliphatic hydroxyl groups is 1. The number of morpholine rings is 1. The SMILES string of the molecule is CC(C)c1nn(C)c(N2CCOCC2)c1CNCC1(O)CCC1. The lowest BCUT2D eigenvalue weighted by Gasteiger charge is -2.37. The van der Waals surface area contributed by atoms with Crippen molar-refractivity contribution in [3.8, 4) is 0 Å². The van der Waals surface area contributed by atoms with Gasteiger partial charge in [-0.2, -0.15) is 5.10 Å². The molecular formula is C17H30N4O2. The molecule has 0 bridgehead atoms. The molecule has 3 rings (SSSR count). The Bertz CT molecular complexity index is 531. The highest BCUT2D eigenvalue weighted by atomic mass is 16.5. The molecule has 1 saturated carbocycles. The number of rotatable bonds is 6. The van der Waals surface area contributed by atoms with Crippen LogP contribution in [0, 0.1) is 0 Å². The fourth-order valence-corrected chi connectivity index (χ4v) is 3.57. The van der Waals surface area contributed by atoms with Gasteiger partial charge in [0.05, 0.1) is 24.5 Å². The van der Waals surface area contributed by atoms with E-state index in [1.54, 1.807) is 0 Å². The molecule has 1 saturated heterocycles. The first kappa shape index (κ1) is 16.7. The summed E-state index contributed by atoms with van der Waals surface area (Å²) >= 11 is 0. The molecule has 1 aliphatic carbocycles. The lowest BCUT2D eigenvalue weighted by molar-refractivity contribution is -0.0314. The van der Waals surface area contributed by atoms with Gasteiger partial charge in [0, 0.05) is 38.8 Å². The van der Waals surface area contributed by atoms with Crippen molar-refractivity contribution in [3.63, 3.8) is 0 Å². The van der Waals surface area contributed by atoms with E-state index in [1.807, 2.05) is 11.7 Å². The molecule has 6 heteroatoms. The van der Waals surface area contributed by atoms with Crippen molar-refractivity contribution in [2.24, 2.45) is 7.05 Å². The van der Waals surface area contributed by atoms with E-state index >= 15 is 0 Å². The number of ether oxygens (including phenoxy) is 1. The second-order valence-electron chi connectivity index (χ2n) is 7.25. The van der Waals surface area contributed by atoms with Crippen LogP contribution in [0.2, 0.25) is 0 Å². The molecule has 1 aromatic heterocycles. The molecule has 0 atom stereocenters. The minimum absolute atomic E-state index is 0.389. The largest absolute Gasteiger partial charge is 0.389 e. The molecule has 0 radical (unpaired) electrons. The van der Waals surface area contributed by atoms with Crippen molar-refractivity contribution in [1.82, 2.24) is 15.1 Å². The highest BCUT2D eigenvalue weighted by Gasteiger charge is 2.34. The average molecular weight is 322 g/mol. The molecule has 2 aliphatic rings. The van der Waals surface area contributed by atoms with Gasteiger partial charge in [0.25, 0.3) is 0 Å². The van der Waals surface area contributed by atoms with Gasteiger partial charge in [-0.3, -0.25) is 4.68 Å². The fraction of sp³-hybridized carbons (Fsp3) is 0.824. The predicted octanol–water partition coefficient (Wildman–Crippen LogP) is 1.38. The van der Waals surface area contributed by atoms with Gasteiger partial charge in [0.1, 0.15) is 5.82 Å². The standard InChI is InChI=1S/C17H30N4O2/c1-13(2)15-14(11-18-12-17(22)5-4-6-17)16(20(3)19-15)21-7-9-23-10-8-21/h13,18,22H,4-12H2,1-3H3. The molecule has 2 N–H and O–H groups in total. The molecule has 0 spiro atoms. The van der Waals surface area contributed by atoms with Gasteiger partial charge in [0.15, 0.2) is 0 Å². The van der Waals surface area contributed by atoms with Crippen LogP contribution in [0.15, 0.2) is 0 Å². The van der Waals surface area contributed by atoms with Crippen LogP contribution in [0.1, 0.15) is 50.3 Å². The quantitative estimate of drug-likeness (QED) is 0.829. The Morgan fingerprint density at radius 1 is 1.30 bits per heavy atom. The summed E-state index contributed by atoms with van der Waals surface area (Å²) in [5.41, 5.74) is 1.94. The van der Waals surface area contributed by atoms with Gasteiger partial charge >= 0.3 is 0 Å². The van der Waals surface area contributed by atoms with Crippen LogP contribution in [-0.4, -0.2) is 53.3 Å². The van der Waals surface area contributed by atoms with Crippen LogP contribution in [0.4, 0.5) is 5.82 Å². The number of hydrogen-bond donors (Lipinski definition) is 2. The van der Waals surface area contributed by atoms with Crippen LogP contribution in [0.3, 0.4) is 0 Å². The van der Waals surface area contributed by atoms with E-state index in [9.17, 15) is 5.11 Å². The Balaban J connectivity index is 1.77. The number of nitrogens with zero attached hydrogens (tertiary/aromatic N) is 3. The first-order chi connectivity index (χ1) is 11.0. The Morgan fingerprint density at radius 2 is 2.00 bits per heavy atom. The number of nitrogens with one attached hydrogen (secondary N) is 1. The molecule has 23 heavy (non-hydrogen) atoms. The van der Waals surface area contributed by atoms with Gasteiger partial charge in [0.2, 0.25) is 0 Å². The summed E-state index contributed by atoms with van der Waals surface area (Å²) in [5.74, 6) is 1.59. The summed E-state index contributed by atoms with van der Waals surface area (Å²) in [7, 11) is 2.03. The third kappa shape index (κ3) is 3.54. The molecule has 0 aromatic carbocycles. The van der Waals surface area contributed by atoms with Crippen LogP contribution in [0.5, 0.6) is 0 Å². The summed E-state index contributed by atoms with van der Waals surface area (Å²) in [6.07, 6.45) is 2.97. The van der Waals surface area contributed by atoms with Crippen molar-refractivity contribution >= 4 is 5.82 Å². The van der Waals surface area contributed by atoms with Crippen LogP contribution in [0.25, 0.3) is 0 Å². The fourth-order valence-electron chi connectivity index (χ4n) is 3.57. The molecule has 1 aliphatic heterocycles. The van der Waals surface area contributed by atoms with E-state index in [2.05, 4.69) is 24.1 Å². The zero-order valence-electron chi connectivity index (χ0n) is 14.6. The van der Waals surface area contributed by atoms with E-state index in [4.69, 9.17) is 9.84 Å². The number of anilines is 1. The monoisotopic (exact) mass is 322 g/mol. The topological polar surface area (TPSA) is 62.5 Å². The average Bonchev–Trinajstić information content (AvgIpc) is 2.83. The molecule has 2 fully saturated rings. The van der Waals surface area contributed by atoms with Gasteiger partial charge < -0.3 is 20.1 Å². The Kier molecular flexibility index (Phi) is 4.94. The zero-order valence-corrected chi connectivity index (χ0v) is 14.6. The molecule has 1 aromatic rings. The summed E-state index contributed by atoms with van der Waals surface area (Å²) in [4.78, 5) is 2.37. The molecule has 0 unspecified atom stereocenters. The number of hydrogen-bond acceptors (Lipinski definition) is 5. The summed E-state index contributed by atoms with van der Waals surface area (Å²) in [6, 6.07) is 0. The molecule has 2 heterocycles. The highest BCUT2D eigenvalue weighted by molar-refractivity contribution is 5.51. The first-order valence-electron chi connectivity index (χ1n) is 8.82. The molecular weight excluding hydrogens is 292 g/mol. The maximum Gasteiger partial charge on any atom is 0.131 e. The highest BCUT2D eigenvalue weighted by Crippen LogP contribution is 2.32. The van der Waals surface area contributed by atoms with E-state index in [0.717, 1.165) is 57.8 Å². The summed E-state index contributed by atoms with van der Waals surface area (Å²) in [5, 5.41) is 18.5. The minimum Gasteiger partial charge on any atom is -0.389 e. The van der Waals surface area contributed by atoms with E-state index in [0.29, 0.717) is 12.5 Å². The number of aryl methyl sites for hydroxylation is 1. The summed E-state index contributed by atoms with van der Waals surface area (Å²) < 4.78 is 7.49. The number of aromatic nitrogens is 2. The molecule has 130 valence electrons. The first-order valence-corrected chi connectivity index (χ1v) is 8.82. The zero-order chi connectivity index (χ0) is 16.4. The smallest absolute Gasteiger partial charge is 0.131 e. The minimum atomic E-state index is -0.487. The van der Waals surface area contributed by atoms with Crippen molar-refractivity contribution in [3.05, 3.63) is 11.3 Å². The van der Waals surface area contributed by atoms with Crippen molar-refractivity contribution in [1.29, 1.82) is 0 Å². The Hall–Kier alpha value is -1.11. The lowest BCUT2D eigenvalue weighted by Crippen LogP contribution is -2.46. The van der Waals surface area contributed by atoms with E-state index in [1.165, 1.54) is 11.4 Å². The van der Waals surface area contributed by atoms with Crippen LogP contribution >= 0.6 is 0 Å². The second kappa shape index (κ2) is 6.79. The molecule has 0 amide bonds.